The van der Waals surface area contributed by atoms with Gasteiger partial charge in [0, 0.05) is 26.1 Å². The van der Waals surface area contributed by atoms with Gasteiger partial charge in [0.05, 0.1) is 6.20 Å². The van der Waals surface area contributed by atoms with Crippen LogP contribution in [0.15, 0.2) is 56.3 Å². The van der Waals surface area contributed by atoms with E-state index in [0.717, 1.165) is 9.13 Å². The molecule has 30 heavy (non-hydrogen) atoms. The van der Waals surface area contributed by atoms with E-state index in [2.05, 4.69) is 20.2 Å². The van der Waals surface area contributed by atoms with E-state index in [1.54, 1.807) is 31.2 Å². The molecule has 2 aromatic heterocycles. The first kappa shape index (κ1) is 20.6. The lowest BCUT2D eigenvalue weighted by Crippen LogP contribution is -2.36. The summed E-state index contributed by atoms with van der Waals surface area (Å²) in [4.78, 5) is 44.0. The van der Waals surface area contributed by atoms with Crippen LogP contribution in [0.2, 0.25) is 0 Å². The second kappa shape index (κ2) is 8.47. The smallest absolute Gasteiger partial charge is 0.333 e. The molecule has 11 heteroatoms. The fraction of sp³-hybridized carbons (Fsp3) is 0.211. The number of nitrogens with zero attached hydrogens (tertiary/aromatic N) is 6. The third kappa shape index (κ3) is 3.99. The van der Waals surface area contributed by atoms with Gasteiger partial charge in [-0.2, -0.15) is 0 Å². The van der Waals surface area contributed by atoms with Crippen LogP contribution in [0.4, 0.5) is 11.6 Å². The molecule has 0 spiro atoms. The first-order valence-corrected chi connectivity index (χ1v) is 8.87. The molecule has 0 aliphatic rings. The summed E-state index contributed by atoms with van der Waals surface area (Å²) in [6, 6.07) is 8.93. The van der Waals surface area contributed by atoms with Gasteiger partial charge >= 0.3 is 11.7 Å². The number of esters is 1. The number of ether oxygens (including phenoxy) is 1. The summed E-state index contributed by atoms with van der Waals surface area (Å²) < 4.78 is 6.93. The van der Waals surface area contributed by atoms with Crippen molar-refractivity contribution < 1.29 is 14.6 Å². The molecule has 0 aliphatic carbocycles. The number of aromatic nitrogens is 4. The van der Waals surface area contributed by atoms with Gasteiger partial charge in [-0.1, -0.05) is 37.3 Å². The molecule has 0 bridgehead atoms. The molecule has 2 heterocycles. The van der Waals surface area contributed by atoms with E-state index in [9.17, 15) is 19.5 Å². The Labute approximate surface area is 170 Å². The van der Waals surface area contributed by atoms with Crippen molar-refractivity contribution in [3.63, 3.8) is 0 Å². The lowest BCUT2D eigenvalue weighted by Gasteiger charge is -2.09. The van der Waals surface area contributed by atoms with Crippen LogP contribution in [0.5, 0.6) is 11.6 Å². The SMILES string of the molecule is CCC(=O)Oc1cnc(N=Nc2c(O)n(C)c(=O)n(C)c2=O)nc1-c1ccccc1. The molecule has 11 nitrogen and oxygen atoms in total. The van der Waals surface area contributed by atoms with Gasteiger partial charge in [0.2, 0.25) is 11.6 Å². The third-order valence-corrected chi connectivity index (χ3v) is 4.15. The minimum Gasteiger partial charge on any atom is -0.493 e. The van der Waals surface area contributed by atoms with Crippen LogP contribution < -0.4 is 16.0 Å². The van der Waals surface area contributed by atoms with Crippen LogP contribution in [0.3, 0.4) is 0 Å². The Bertz CT molecular complexity index is 1250. The second-order valence-electron chi connectivity index (χ2n) is 6.15. The Morgan fingerprint density at radius 3 is 2.50 bits per heavy atom. The Morgan fingerprint density at radius 2 is 1.83 bits per heavy atom. The number of hydrogen-bond donors (Lipinski definition) is 1. The fourth-order valence-electron chi connectivity index (χ4n) is 2.48. The minimum absolute atomic E-state index is 0.138. The number of benzene rings is 1. The van der Waals surface area contributed by atoms with Gasteiger partial charge < -0.3 is 9.84 Å². The molecule has 154 valence electrons. The zero-order valence-electron chi connectivity index (χ0n) is 16.4. The summed E-state index contributed by atoms with van der Waals surface area (Å²) in [6.07, 6.45) is 1.45. The highest BCUT2D eigenvalue weighted by molar-refractivity contribution is 5.76. The maximum absolute atomic E-state index is 12.2. The fourth-order valence-corrected chi connectivity index (χ4v) is 2.48. The maximum Gasteiger partial charge on any atom is 0.333 e. The minimum atomic E-state index is -0.823. The number of rotatable bonds is 5. The molecule has 3 aromatic rings. The maximum atomic E-state index is 12.2. The monoisotopic (exact) mass is 410 g/mol. The van der Waals surface area contributed by atoms with Crippen molar-refractivity contribution >= 4 is 17.6 Å². The van der Waals surface area contributed by atoms with Gasteiger partial charge in [-0.3, -0.25) is 18.7 Å². The quantitative estimate of drug-likeness (QED) is 0.501. The van der Waals surface area contributed by atoms with E-state index < -0.39 is 28.8 Å². The van der Waals surface area contributed by atoms with Crippen LogP contribution in [0.25, 0.3) is 11.3 Å². The van der Waals surface area contributed by atoms with Crippen LogP contribution in [0, 0.1) is 0 Å². The van der Waals surface area contributed by atoms with E-state index in [0.29, 0.717) is 11.3 Å². The van der Waals surface area contributed by atoms with Gasteiger partial charge in [-0.25, -0.2) is 14.8 Å². The zero-order chi connectivity index (χ0) is 21.8. The number of hydrogen-bond acceptors (Lipinski definition) is 9. The molecule has 0 atom stereocenters. The Hall–Kier alpha value is -4.15. The van der Waals surface area contributed by atoms with Gasteiger partial charge in [-0.05, 0) is 0 Å². The molecule has 0 saturated carbocycles. The normalized spacial score (nSPS) is 11.0. The van der Waals surface area contributed by atoms with Crippen molar-refractivity contribution in [2.45, 2.75) is 13.3 Å². The third-order valence-electron chi connectivity index (χ3n) is 4.15. The highest BCUT2D eigenvalue weighted by Crippen LogP contribution is 2.30. The first-order valence-electron chi connectivity index (χ1n) is 8.87. The van der Waals surface area contributed by atoms with Crippen LogP contribution in [0.1, 0.15) is 13.3 Å². The molecule has 1 aromatic carbocycles. The topological polar surface area (TPSA) is 141 Å². The van der Waals surface area contributed by atoms with E-state index >= 15 is 0 Å². The molecular weight excluding hydrogens is 392 g/mol. The summed E-state index contributed by atoms with van der Waals surface area (Å²) >= 11 is 0. The van der Waals surface area contributed by atoms with Crippen LogP contribution in [-0.2, 0) is 18.9 Å². The van der Waals surface area contributed by atoms with Gasteiger partial charge in [-0.15, -0.1) is 10.2 Å². The molecule has 0 fully saturated rings. The van der Waals surface area contributed by atoms with Crippen molar-refractivity contribution in [3.05, 3.63) is 57.4 Å². The molecule has 0 unspecified atom stereocenters. The first-order chi connectivity index (χ1) is 14.3. The lowest BCUT2D eigenvalue weighted by molar-refractivity contribution is -0.134. The number of azo groups is 1. The van der Waals surface area contributed by atoms with Crippen molar-refractivity contribution in [3.8, 4) is 22.9 Å². The highest BCUT2D eigenvalue weighted by atomic mass is 16.5. The highest BCUT2D eigenvalue weighted by Gasteiger charge is 2.16. The van der Waals surface area contributed by atoms with Crippen LogP contribution in [-0.4, -0.2) is 30.2 Å². The number of carbonyl (C=O) groups is 1. The Balaban J connectivity index is 2.07. The van der Waals surface area contributed by atoms with Gasteiger partial charge in [0.15, 0.2) is 5.75 Å². The predicted octanol–water partition coefficient (Wildman–Crippen LogP) is 1.98. The molecule has 1 N–H and O–H groups in total. The standard InChI is InChI=1S/C19H18N6O5/c1-4-13(26)30-12-10-20-18(21-14(12)11-8-6-5-7-9-11)23-22-15-16(27)24(2)19(29)25(3)17(15)28/h5-10,27H,4H2,1-3H3. The van der Waals surface area contributed by atoms with Crippen molar-refractivity contribution in [2.24, 2.45) is 24.3 Å². The summed E-state index contributed by atoms with van der Waals surface area (Å²) in [5.74, 6) is -1.08. The molecule has 0 amide bonds. The second-order valence-corrected chi connectivity index (χ2v) is 6.15. The molecule has 0 radical (unpaired) electrons. The van der Waals surface area contributed by atoms with E-state index in [4.69, 9.17) is 4.74 Å². The van der Waals surface area contributed by atoms with Gasteiger partial charge in [0.25, 0.3) is 11.5 Å². The van der Waals surface area contributed by atoms with Gasteiger partial charge in [0.1, 0.15) is 5.69 Å². The summed E-state index contributed by atoms with van der Waals surface area (Å²) in [5, 5.41) is 17.6. The van der Waals surface area contributed by atoms with E-state index in [1.165, 1.54) is 20.3 Å². The molecule has 3 rings (SSSR count). The molecule has 0 aliphatic heterocycles. The molecular formula is C19H18N6O5. The summed E-state index contributed by atoms with van der Waals surface area (Å²) in [7, 11) is 2.54. The average Bonchev–Trinajstić information content (AvgIpc) is 2.77. The molecule has 0 saturated heterocycles. The van der Waals surface area contributed by atoms with Crippen molar-refractivity contribution in [1.82, 2.24) is 19.1 Å². The largest absolute Gasteiger partial charge is 0.493 e. The predicted molar refractivity (Wildman–Crippen MR) is 106 cm³/mol. The number of aromatic hydroxyl groups is 1. The average molecular weight is 410 g/mol. The summed E-state index contributed by atoms with van der Waals surface area (Å²) in [6.45, 7) is 1.66. The van der Waals surface area contributed by atoms with Crippen molar-refractivity contribution in [1.29, 1.82) is 0 Å². The number of carbonyl (C=O) groups excluding carboxylic acids is 1. The van der Waals surface area contributed by atoms with E-state index in [1.807, 2.05) is 6.07 Å². The Morgan fingerprint density at radius 1 is 1.13 bits per heavy atom. The van der Waals surface area contributed by atoms with Crippen LogP contribution >= 0.6 is 0 Å². The zero-order valence-corrected chi connectivity index (χ0v) is 16.4. The Kier molecular flexibility index (Phi) is 5.81. The lowest BCUT2D eigenvalue weighted by atomic mass is 10.1. The summed E-state index contributed by atoms with van der Waals surface area (Å²) in [5.41, 5.74) is -1.02. The van der Waals surface area contributed by atoms with E-state index in [-0.39, 0.29) is 18.1 Å². The van der Waals surface area contributed by atoms with Crippen molar-refractivity contribution in [2.75, 3.05) is 0 Å².